The highest BCUT2D eigenvalue weighted by Gasteiger charge is 2.18. The summed E-state index contributed by atoms with van der Waals surface area (Å²) in [5.41, 5.74) is 2.50. The van der Waals surface area contributed by atoms with Crippen LogP contribution in [-0.4, -0.2) is 22.7 Å². The predicted molar refractivity (Wildman–Crippen MR) is 57.5 cm³/mol. The number of hydrogen-bond donors (Lipinski definition) is 1. The van der Waals surface area contributed by atoms with Crippen LogP contribution in [0.25, 0.3) is 0 Å². The third-order valence-electron chi connectivity index (χ3n) is 2.95. The molecule has 2 rings (SSSR count). The zero-order valence-corrected chi connectivity index (χ0v) is 9.29. The van der Waals surface area contributed by atoms with Crippen LogP contribution in [0.15, 0.2) is 6.20 Å². The van der Waals surface area contributed by atoms with Crippen molar-refractivity contribution < 1.29 is 4.79 Å². The number of nitrogens with one attached hydrogen (secondary N) is 1. The molecule has 1 aliphatic rings. The minimum Gasteiger partial charge on any atom is -0.358 e. The van der Waals surface area contributed by atoms with Crippen LogP contribution in [0.2, 0.25) is 0 Å². The molecule has 4 heteroatoms. The Morgan fingerprint density at radius 2 is 2.53 bits per heavy atom. The highest BCUT2D eigenvalue weighted by molar-refractivity contribution is 5.75. The van der Waals surface area contributed by atoms with Crippen molar-refractivity contribution in [2.45, 2.75) is 32.7 Å². The zero-order chi connectivity index (χ0) is 10.8. The molecule has 0 saturated carbocycles. The van der Waals surface area contributed by atoms with Gasteiger partial charge in [-0.1, -0.05) is 6.92 Å². The van der Waals surface area contributed by atoms with Gasteiger partial charge in [0.05, 0.1) is 5.69 Å². The Kier molecular flexibility index (Phi) is 2.75. The van der Waals surface area contributed by atoms with E-state index in [1.165, 1.54) is 17.7 Å². The molecular formula is C11H17N3O. The van der Waals surface area contributed by atoms with Crippen molar-refractivity contribution in [1.82, 2.24) is 15.1 Å². The predicted octanol–water partition coefficient (Wildman–Crippen LogP) is 0.754. The normalized spacial score (nSPS) is 19.7. The number of amides is 1. The number of aromatic nitrogens is 2. The Morgan fingerprint density at radius 3 is 3.27 bits per heavy atom. The Labute approximate surface area is 89.7 Å². The van der Waals surface area contributed by atoms with Crippen molar-refractivity contribution in [3.63, 3.8) is 0 Å². The first-order valence-electron chi connectivity index (χ1n) is 5.45. The van der Waals surface area contributed by atoms with Gasteiger partial charge in [0.2, 0.25) is 5.91 Å². The molecule has 1 atom stereocenters. The average molecular weight is 207 g/mol. The molecule has 0 aromatic carbocycles. The minimum atomic E-state index is 0.00268. The lowest BCUT2D eigenvalue weighted by Crippen LogP contribution is -2.23. The van der Waals surface area contributed by atoms with Gasteiger partial charge in [-0.05, 0) is 30.7 Å². The van der Waals surface area contributed by atoms with E-state index in [-0.39, 0.29) is 5.91 Å². The molecule has 0 fully saturated rings. The second kappa shape index (κ2) is 4.04. The molecule has 15 heavy (non-hydrogen) atoms. The van der Waals surface area contributed by atoms with Gasteiger partial charge in [-0.25, -0.2) is 0 Å². The van der Waals surface area contributed by atoms with Gasteiger partial charge in [0.1, 0.15) is 6.54 Å². The zero-order valence-electron chi connectivity index (χ0n) is 9.29. The van der Waals surface area contributed by atoms with Crippen LogP contribution in [-0.2, 0) is 24.2 Å². The minimum absolute atomic E-state index is 0.00268. The van der Waals surface area contributed by atoms with Crippen LogP contribution in [0.1, 0.15) is 24.6 Å². The van der Waals surface area contributed by atoms with Crippen molar-refractivity contribution in [1.29, 1.82) is 0 Å². The van der Waals surface area contributed by atoms with E-state index >= 15 is 0 Å². The number of rotatable bonds is 2. The van der Waals surface area contributed by atoms with Gasteiger partial charge >= 0.3 is 0 Å². The maximum Gasteiger partial charge on any atom is 0.241 e. The summed E-state index contributed by atoms with van der Waals surface area (Å²) in [5, 5.41) is 7.03. The lowest BCUT2D eigenvalue weighted by molar-refractivity contribution is -0.121. The second-order valence-corrected chi connectivity index (χ2v) is 4.32. The maximum atomic E-state index is 11.2. The molecule has 1 amide bonds. The highest BCUT2D eigenvalue weighted by atomic mass is 16.1. The number of aryl methyl sites for hydroxylation is 1. The number of fused-ring (bicyclic) bond motifs is 1. The Morgan fingerprint density at radius 1 is 1.73 bits per heavy atom. The number of likely N-dealkylation sites (N-methyl/N-ethyl adjacent to an activating group) is 1. The molecule has 4 nitrogen and oxygen atoms in total. The molecule has 1 aliphatic carbocycles. The molecule has 0 spiro atoms. The maximum absolute atomic E-state index is 11.2. The molecule has 82 valence electrons. The summed E-state index contributed by atoms with van der Waals surface area (Å²) in [7, 11) is 1.65. The summed E-state index contributed by atoms with van der Waals surface area (Å²) >= 11 is 0. The lowest BCUT2D eigenvalue weighted by atomic mass is 9.89. The van der Waals surface area contributed by atoms with E-state index in [0.29, 0.717) is 6.54 Å². The van der Waals surface area contributed by atoms with E-state index < -0.39 is 0 Å². The highest BCUT2D eigenvalue weighted by Crippen LogP contribution is 2.23. The van der Waals surface area contributed by atoms with E-state index in [4.69, 9.17) is 0 Å². The van der Waals surface area contributed by atoms with Gasteiger partial charge in [-0.3, -0.25) is 9.48 Å². The van der Waals surface area contributed by atoms with Crippen LogP contribution in [0, 0.1) is 5.92 Å². The first kappa shape index (κ1) is 10.2. The van der Waals surface area contributed by atoms with Crippen molar-refractivity contribution in [3.8, 4) is 0 Å². The van der Waals surface area contributed by atoms with Gasteiger partial charge in [-0.15, -0.1) is 0 Å². The fourth-order valence-corrected chi connectivity index (χ4v) is 2.05. The molecule has 1 aromatic heterocycles. The topological polar surface area (TPSA) is 46.9 Å². The Balaban J connectivity index is 2.12. The number of hydrogen-bond acceptors (Lipinski definition) is 2. The van der Waals surface area contributed by atoms with Crippen LogP contribution in [0.4, 0.5) is 0 Å². The monoisotopic (exact) mass is 207 g/mol. The van der Waals surface area contributed by atoms with Crippen LogP contribution >= 0.6 is 0 Å². The molecular weight excluding hydrogens is 190 g/mol. The third-order valence-corrected chi connectivity index (χ3v) is 2.95. The van der Waals surface area contributed by atoms with Gasteiger partial charge < -0.3 is 5.32 Å². The molecule has 0 bridgehead atoms. The van der Waals surface area contributed by atoms with Crippen LogP contribution in [0.3, 0.4) is 0 Å². The molecule has 1 aromatic rings. The fourth-order valence-electron chi connectivity index (χ4n) is 2.05. The summed E-state index contributed by atoms with van der Waals surface area (Å²) in [5.74, 6) is 0.748. The number of carbonyl (C=O) groups is 1. The van der Waals surface area contributed by atoms with Crippen LogP contribution in [0.5, 0.6) is 0 Å². The van der Waals surface area contributed by atoms with E-state index in [0.717, 1.165) is 18.8 Å². The summed E-state index contributed by atoms with van der Waals surface area (Å²) in [6, 6.07) is 0. The summed E-state index contributed by atoms with van der Waals surface area (Å²) in [4.78, 5) is 11.2. The Hall–Kier alpha value is -1.32. The van der Waals surface area contributed by atoms with Gasteiger partial charge in [-0.2, -0.15) is 5.10 Å². The SMILES string of the molecule is CNC(=O)Cn1cc2c(n1)CCC(C)C2. The second-order valence-electron chi connectivity index (χ2n) is 4.32. The fraction of sp³-hybridized carbons (Fsp3) is 0.636. The molecule has 1 unspecified atom stereocenters. The molecule has 0 radical (unpaired) electrons. The van der Waals surface area contributed by atoms with E-state index in [2.05, 4.69) is 17.3 Å². The van der Waals surface area contributed by atoms with Gasteiger partial charge in [0, 0.05) is 13.2 Å². The summed E-state index contributed by atoms with van der Waals surface area (Å²) in [6.45, 7) is 2.59. The summed E-state index contributed by atoms with van der Waals surface area (Å²) < 4.78 is 1.75. The van der Waals surface area contributed by atoms with E-state index in [1.807, 2.05) is 6.20 Å². The lowest BCUT2D eigenvalue weighted by Gasteiger charge is -2.15. The van der Waals surface area contributed by atoms with Crippen molar-refractivity contribution in [2.24, 2.45) is 5.92 Å². The largest absolute Gasteiger partial charge is 0.358 e. The molecule has 1 N–H and O–H groups in total. The average Bonchev–Trinajstić information content (AvgIpc) is 2.59. The first-order valence-corrected chi connectivity index (χ1v) is 5.45. The Bertz CT molecular complexity index is 370. The van der Waals surface area contributed by atoms with Crippen LogP contribution < -0.4 is 5.32 Å². The van der Waals surface area contributed by atoms with Crippen molar-refractivity contribution >= 4 is 5.91 Å². The number of nitrogens with zero attached hydrogens (tertiary/aromatic N) is 2. The smallest absolute Gasteiger partial charge is 0.241 e. The van der Waals surface area contributed by atoms with Crippen molar-refractivity contribution in [2.75, 3.05) is 7.05 Å². The molecule has 0 aliphatic heterocycles. The van der Waals surface area contributed by atoms with E-state index in [9.17, 15) is 4.79 Å². The van der Waals surface area contributed by atoms with Gasteiger partial charge in [0.25, 0.3) is 0 Å². The molecule has 1 heterocycles. The van der Waals surface area contributed by atoms with E-state index in [1.54, 1.807) is 11.7 Å². The quantitative estimate of drug-likeness (QED) is 0.778. The standard InChI is InChI=1S/C11H17N3O/c1-8-3-4-10-9(5-8)6-14(13-10)7-11(15)12-2/h6,8H,3-5,7H2,1-2H3,(H,12,15). The summed E-state index contributed by atoms with van der Waals surface area (Å²) in [6.07, 6.45) is 5.38. The molecule has 0 saturated heterocycles. The van der Waals surface area contributed by atoms with Crippen molar-refractivity contribution in [3.05, 3.63) is 17.5 Å². The van der Waals surface area contributed by atoms with Gasteiger partial charge in [0.15, 0.2) is 0 Å². The third kappa shape index (κ3) is 2.19. The first-order chi connectivity index (χ1) is 7.19. The number of carbonyl (C=O) groups excluding carboxylic acids is 1.